The lowest BCUT2D eigenvalue weighted by molar-refractivity contribution is -0.114. The van der Waals surface area contributed by atoms with Crippen molar-refractivity contribution in [1.29, 1.82) is 0 Å². The van der Waals surface area contributed by atoms with Gasteiger partial charge in [-0.3, -0.25) is 4.79 Å². The smallest absolute Gasteiger partial charge is 0.337 e. The Balaban J connectivity index is 3.45. The van der Waals surface area contributed by atoms with Crippen molar-refractivity contribution in [2.24, 2.45) is 0 Å². The summed E-state index contributed by atoms with van der Waals surface area (Å²) in [5.41, 5.74) is -0.708. The van der Waals surface area contributed by atoms with Crippen LogP contribution in [0.1, 0.15) is 17.3 Å². The van der Waals surface area contributed by atoms with E-state index in [-0.39, 0.29) is 10.7 Å². The first-order valence-corrected chi connectivity index (χ1v) is 4.78. The standard InChI is InChI=1S/C9H6Cl2FNO3/c1-3(14)13-8-6(10)4(9(15)16)2-5(12)7(8)11/h2H,1H3,(H,13,14)(H,15,16). The quantitative estimate of drug-likeness (QED) is 0.809. The van der Waals surface area contributed by atoms with Gasteiger partial charge >= 0.3 is 5.97 Å². The van der Waals surface area contributed by atoms with Crippen LogP contribution in [0.2, 0.25) is 10.0 Å². The molecule has 0 aliphatic rings. The van der Waals surface area contributed by atoms with Crippen LogP contribution in [0.25, 0.3) is 0 Å². The van der Waals surface area contributed by atoms with Gasteiger partial charge in [-0.2, -0.15) is 0 Å². The van der Waals surface area contributed by atoms with Crippen LogP contribution in [0.5, 0.6) is 0 Å². The molecule has 7 heteroatoms. The Bertz CT molecular complexity index is 476. The third kappa shape index (κ3) is 2.43. The van der Waals surface area contributed by atoms with Gasteiger partial charge in [0.05, 0.1) is 16.3 Å². The van der Waals surface area contributed by atoms with E-state index < -0.39 is 28.3 Å². The summed E-state index contributed by atoms with van der Waals surface area (Å²) in [4.78, 5) is 21.5. The van der Waals surface area contributed by atoms with Crippen LogP contribution < -0.4 is 5.32 Å². The highest BCUT2D eigenvalue weighted by Crippen LogP contribution is 2.35. The molecular weight excluding hydrogens is 260 g/mol. The van der Waals surface area contributed by atoms with Gasteiger partial charge in [0, 0.05) is 6.92 Å². The number of amides is 1. The van der Waals surface area contributed by atoms with E-state index in [1.165, 1.54) is 0 Å². The Labute approximate surface area is 100.0 Å². The topological polar surface area (TPSA) is 66.4 Å². The summed E-state index contributed by atoms with van der Waals surface area (Å²) in [6.45, 7) is 1.16. The molecule has 2 N–H and O–H groups in total. The molecule has 1 amide bonds. The maximum absolute atomic E-state index is 13.2. The number of carboxylic acid groups (broad SMARTS) is 1. The molecule has 0 heterocycles. The molecule has 0 atom stereocenters. The van der Waals surface area contributed by atoms with Crippen LogP contribution in [-0.2, 0) is 4.79 Å². The molecule has 0 aliphatic carbocycles. The number of carbonyl (C=O) groups excluding carboxylic acids is 1. The Morgan fingerprint density at radius 1 is 1.38 bits per heavy atom. The van der Waals surface area contributed by atoms with Crippen molar-refractivity contribution >= 4 is 40.8 Å². The minimum atomic E-state index is -1.41. The number of halogens is 3. The molecule has 4 nitrogen and oxygen atoms in total. The molecule has 0 aliphatic heterocycles. The number of aromatic carboxylic acids is 1. The molecule has 0 radical (unpaired) electrons. The second-order valence-corrected chi connectivity index (χ2v) is 3.65. The summed E-state index contributed by atoms with van der Waals surface area (Å²) in [5, 5.41) is 10.2. The first-order valence-electron chi connectivity index (χ1n) is 4.03. The van der Waals surface area contributed by atoms with E-state index in [1.54, 1.807) is 0 Å². The normalized spacial score (nSPS) is 10.0. The fraction of sp³-hybridized carbons (Fsp3) is 0.111. The van der Waals surface area contributed by atoms with Crippen molar-refractivity contribution in [3.05, 3.63) is 27.5 Å². The number of carboxylic acids is 1. The van der Waals surface area contributed by atoms with Crippen LogP contribution in [0.15, 0.2) is 6.07 Å². The highest BCUT2D eigenvalue weighted by Gasteiger charge is 2.20. The number of benzene rings is 1. The Kier molecular flexibility index (Phi) is 3.72. The fourth-order valence-corrected chi connectivity index (χ4v) is 1.57. The van der Waals surface area contributed by atoms with Crippen molar-refractivity contribution < 1.29 is 19.1 Å². The van der Waals surface area contributed by atoms with Gasteiger partial charge in [0.2, 0.25) is 5.91 Å². The van der Waals surface area contributed by atoms with Gasteiger partial charge in [-0.1, -0.05) is 23.2 Å². The van der Waals surface area contributed by atoms with Crippen molar-refractivity contribution in [2.45, 2.75) is 6.92 Å². The van der Waals surface area contributed by atoms with Gasteiger partial charge in [0.15, 0.2) is 0 Å². The van der Waals surface area contributed by atoms with E-state index in [0.717, 1.165) is 6.92 Å². The van der Waals surface area contributed by atoms with E-state index in [1.807, 2.05) is 0 Å². The second-order valence-electron chi connectivity index (χ2n) is 2.90. The van der Waals surface area contributed by atoms with Crippen LogP contribution in [0.4, 0.5) is 10.1 Å². The summed E-state index contributed by atoms with van der Waals surface area (Å²) in [6.07, 6.45) is 0. The molecule has 0 aromatic heterocycles. The highest BCUT2D eigenvalue weighted by molar-refractivity contribution is 6.41. The summed E-state index contributed by atoms with van der Waals surface area (Å²) in [7, 11) is 0. The van der Waals surface area contributed by atoms with Crippen molar-refractivity contribution in [2.75, 3.05) is 5.32 Å². The average Bonchev–Trinajstić information content (AvgIpc) is 2.17. The third-order valence-electron chi connectivity index (χ3n) is 1.69. The molecule has 1 aromatic carbocycles. The third-order valence-corrected chi connectivity index (χ3v) is 2.45. The maximum atomic E-state index is 13.2. The predicted octanol–water partition coefficient (Wildman–Crippen LogP) is 2.79. The largest absolute Gasteiger partial charge is 0.478 e. The summed E-state index contributed by atoms with van der Waals surface area (Å²) >= 11 is 11.2. The molecule has 0 spiro atoms. The SMILES string of the molecule is CC(=O)Nc1c(Cl)c(F)cc(C(=O)O)c1Cl. The van der Waals surface area contributed by atoms with Crippen LogP contribution >= 0.6 is 23.2 Å². The van der Waals surface area contributed by atoms with Gasteiger partial charge in [0.25, 0.3) is 0 Å². The monoisotopic (exact) mass is 265 g/mol. The zero-order valence-electron chi connectivity index (χ0n) is 7.97. The highest BCUT2D eigenvalue weighted by atomic mass is 35.5. The van der Waals surface area contributed by atoms with Gasteiger partial charge < -0.3 is 10.4 Å². The zero-order chi connectivity index (χ0) is 12.5. The molecule has 16 heavy (non-hydrogen) atoms. The Morgan fingerprint density at radius 3 is 2.38 bits per heavy atom. The minimum Gasteiger partial charge on any atom is -0.478 e. The fourth-order valence-electron chi connectivity index (χ4n) is 1.05. The van der Waals surface area contributed by atoms with Crippen LogP contribution in [0.3, 0.4) is 0 Å². The van der Waals surface area contributed by atoms with Gasteiger partial charge in [-0.15, -0.1) is 0 Å². The molecule has 0 saturated heterocycles. The number of anilines is 1. The molecule has 86 valence electrons. The predicted molar refractivity (Wildman–Crippen MR) is 57.7 cm³/mol. The summed E-state index contributed by atoms with van der Waals surface area (Å²) in [5.74, 6) is -2.91. The number of hydrogen-bond acceptors (Lipinski definition) is 2. The van der Waals surface area contributed by atoms with Gasteiger partial charge in [0.1, 0.15) is 10.8 Å². The molecule has 0 saturated carbocycles. The van der Waals surface area contributed by atoms with E-state index >= 15 is 0 Å². The molecular formula is C9H6Cl2FNO3. The molecule has 0 fully saturated rings. The maximum Gasteiger partial charge on any atom is 0.337 e. The van der Waals surface area contributed by atoms with Crippen molar-refractivity contribution in [3.8, 4) is 0 Å². The second kappa shape index (κ2) is 4.67. The first-order chi connectivity index (χ1) is 7.34. The average molecular weight is 266 g/mol. The van der Waals surface area contributed by atoms with E-state index in [0.29, 0.717) is 6.07 Å². The van der Waals surface area contributed by atoms with Gasteiger partial charge in [-0.05, 0) is 6.07 Å². The lowest BCUT2D eigenvalue weighted by Gasteiger charge is -2.10. The minimum absolute atomic E-state index is 0.242. The first kappa shape index (κ1) is 12.7. The van der Waals surface area contributed by atoms with E-state index in [4.69, 9.17) is 28.3 Å². The number of hydrogen-bond donors (Lipinski definition) is 2. The summed E-state index contributed by atoms with van der Waals surface area (Å²) < 4.78 is 13.2. The van der Waals surface area contributed by atoms with Crippen molar-refractivity contribution in [3.63, 3.8) is 0 Å². The lowest BCUT2D eigenvalue weighted by Crippen LogP contribution is -2.10. The molecule has 1 rings (SSSR count). The van der Waals surface area contributed by atoms with Crippen molar-refractivity contribution in [1.82, 2.24) is 0 Å². The zero-order valence-corrected chi connectivity index (χ0v) is 9.49. The molecule has 0 bridgehead atoms. The number of rotatable bonds is 2. The Morgan fingerprint density at radius 2 is 1.94 bits per heavy atom. The van der Waals surface area contributed by atoms with E-state index in [9.17, 15) is 14.0 Å². The van der Waals surface area contributed by atoms with Crippen LogP contribution in [0, 0.1) is 5.82 Å². The lowest BCUT2D eigenvalue weighted by atomic mass is 10.2. The van der Waals surface area contributed by atoms with Gasteiger partial charge in [-0.25, -0.2) is 9.18 Å². The molecule has 1 aromatic rings. The number of nitrogens with one attached hydrogen (secondary N) is 1. The van der Waals surface area contributed by atoms with E-state index in [2.05, 4.69) is 5.32 Å². The number of carbonyl (C=O) groups is 2. The Hall–Kier alpha value is -1.33. The molecule has 0 unspecified atom stereocenters. The van der Waals surface area contributed by atoms with Crippen LogP contribution in [-0.4, -0.2) is 17.0 Å². The summed E-state index contributed by atoms with van der Waals surface area (Å²) in [6, 6.07) is 0.693.